The van der Waals surface area contributed by atoms with Crippen LogP contribution in [0.5, 0.6) is 11.5 Å². The Labute approximate surface area is 90.4 Å². The third-order valence-corrected chi connectivity index (χ3v) is 2.27. The number of hydrogen-bond donors (Lipinski definition) is 1. The highest BCUT2D eigenvalue weighted by Gasteiger charge is 2.15. The van der Waals surface area contributed by atoms with Gasteiger partial charge in [-0.1, -0.05) is 19.9 Å². The molecular formula is C12H17NO2. The number of ether oxygens (including phenoxy) is 2. The Morgan fingerprint density at radius 1 is 1.27 bits per heavy atom. The summed E-state index contributed by atoms with van der Waals surface area (Å²) in [5, 5.41) is 3.37. The quantitative estimate of drug-likeness (QED) is 0.826. The van der Waals surface area contributed by atoms with E-state index in [0.717, 1.165) is 23.7 Å². The Kier molecular flexibility index (Phi) is 2.99. The number of nitrogens with one attached hydrogen (secondary N) is 1. The minimum atomic E-state index is 0.616. The van der Waals surface area contributed by atoms with Crippen molar-refractivity contribution in [3.8, 4) is 11.5 Å². The molecule has 0 radical (unpaired) electrons. The van der Waals surface area contributed by atoms with Crippen LogP contribution in [0.1, 0.15) is 13.8 Å². The van der Waals surface area contributed by atoms with Crippen LogP contribution in [0.25, 0.3) is 0 Å². The highest BCUT2D eigenvalue weighted by atomic mass is 16.6. The van der Waals surface area contributed by atoms with Crippen LogP contribution in [0.2, 0.25) is 0 Å². The van der Waals surface area contributed by atoms with Crippen LogP contribution in [0.4, 0.5) is 5.69 Å². The first-order valence-electron chi connectivity index (χ1n) is 5.40. The fourth-order valence-corrected chi connectivity index (χ4v) is 1.53. The third-order valence-electron chi connectivity index (χ3n) is 2.27. The zero-order valence-electron chi connectivity index (χ0n) is 9.25. The number of benzene rings is 1. The smallest absolute Gasteiger partial charge is 0.184 e. The molecular weight excluding hydrogens is 190 g/mol. The van der Waals surface area contributed by atoms with Crippen LogP contribution in [-0.2, 0) is 0 Å². The first-order valence-corrected chi connectivity index (χ1v) is 5.40. The third kappa shape index (κ3) is 2.35. The monoisotopic (exact) mass is 207 g/mol. The normalized spacial score (nSPS) is 14.1. The topological polar surface area (TPSA) is 30.5 Å². The van der Waals surface area contributed by atoms with Crippen molar-refractivity contribution in [1.29, 1.82) is 0 Å². The molecule has 15 heavy (non-hydrogen) atoms. The van der Waals surface area contributed by atoms with Gasteiger partial charge < -0.3 is 14.8 Å². The number of anilines is 1. The molecule has 0 aromatic heterocycles. The number of para-hydroxylation sites is 1. The maximum atomic E-state index is 5.60. The Morgan fingerprint density at radius 2 is 2.07 bits per heavy atom. The van der Waals surface area contributed by atoms with E-state index in [1.807, 2.05) is 18.2 Å². The molecule has 1 aromatic rings. The highest BCUT2D eigenvalue weighted by Crippen LogP contribution is 2.37. The summed E-state index contributed by atoms with van der Waals surface area (Å²) in [4.78, 5) is 0. The summed E-state index contributed by atoms with van der Waals surface area (Å²) in [6.45, 7) is 6.58. The minimum Gasteiger partial charge on any atom is -0.486 e. The van der Waals surface area contributed by atoms with Gasteiger partial charge in [0, 0.05) is 6.54 Å². The molecule has 3 heteroatoms. The van der Waals surface area contributed by atoms with E-state index in [4.69, 9.17) is 9.47 Å². The van der Waals surface area contributed by atoms with E-state index < -0.39 is 0 Å². The summed E-state index contributed by atoms with van der Waals surface area (Å²) < 4.78 is 11.1. The highest BCUT2D eigenvalue weighted by molar-refractivity contribution is 5.63. The van der Waals surface area contributed by atoms with Gasteiger partial charge in [-0.2, -0.15) is 0 Å². The van der Waals surface area contributed by atoms with E-state index in [2.05, 4.69) is 19.2 Å². The predicted octanol–water partition coefficient (Wildman–Crippen LogP) is 2.53. The molecule has 0 aliphatic carbocycles. The zero-order valence-corrected chi connectivity index (χ0v) is 9.25. The van der Waals surface area contributed by atoms with E-state index in [1.54, 1.807) is 0 Å². The van der Waals surface area contributed by atoms with Crippen LogP contribution in [0, 0.1) is 5.92 Å². The molecule has 0 unspecified atom stereocenters. The summed E-state index contributed by atoms with van der Waals surface area (Å²) in [5.74, 6) is 2.31. The molecule has 1 aromatic carbocycles. The SMILES string of the molecule is CC(C)CNc1cccc2c1OCCO2. The maximum Gasteiger partial charge on any atom is 0.184 e. The molecule has 2 rings (SSSR count). The predicted molar refractivity (Wildman–Crippen MR) is 60.8 cm³/mol. The number of hydrogen-bond acceptors (Lipinski definition) is 3. The molecule has 0 saturated carbocycles. The van der Waals surface area contributed by atoms with Crippen molar-refractivity contribution in [3.63, 3.8) is 0 Å². The summed E-state index contributed by atoms with van der Waals surface area (Å²) in [7, 11) is 0. The van der Waals surface area contributed by atoms with Gasteiger partial charge in [-0.3, -0.25) is 0 Å². The van der Waals surface area contributed by atoms with Crippen molar-refractivity contribution < 1.29 is 9.47 Å². The Hall–Kier alpha value is -1.38. The van der Waals surface area contributed by atoms with Gasteiger partial charge in [0.15, 0.2) is 11.5 Å². The van der Waals surface area contributed by atoms with Crippen molar-refractivity contribution in [2.24, 2.45) is 5.92 Å². The van der Waals surface area contributed by atoms with Gasteiger partial charge in [0.25, 0.3) is 0 Å². The second kappa shape index (κ2) is 4.43. The fraction of sp³-hybridized carbons (Fsp3) is 0.500. The Balaban J connectivity index is 2.16. The van der Waals surface area contributed by atoms with Crippen molar-refractivity contribution in [2.75, 3.05) is 25.1 Å². The van der Waals surface area contributed by atoms with E-state index >= 15 is 0 Å². The molecule has 3 nitrogen and oxygen atoms in total. The molecule has 82 valence electrons. The second-order valence-electron chi connectivity index (χ2n) is 4.10. The molecule has 1 aliphatic rings. The molecule has 0 bridgehead atoms. The molecule has 0 spiro atoms. The van der Waals surface area contributed by atoms with Gasteiger partial charge in [0.2, 0.25) is 0 Å². The maximum absolute atomic E-state index is 5.60. The summed E-state index contributed by atoms with van der Waals surface area (Å²) >= 11 is 0. The molecule has 0 saturated heterocycles. The number of rotatable bonds is 3. The largest absolute Gasteiger partial charge is 0.486 e. The van der Waals surface area contributed by atoms with E-state index in [1.165, 1.54) is 0 Å². The standard InChI is InChI=1S/C12H17NO2/c1-9(2)8-13-10-4-3-5-11-12(10)15-7-6-14-11/h3-5,9,13H,6-8H2,1-2H3. The molecule has 1 heterocycles. The lowest BCUT2D eigenvalue weighted by molar-refractivity contribution is 0.172. The van der Waals surface area contributed by atoms with Crippen molar-refractivity contribution in [3.05, 3.63) is 18.2 Å². The van der Waals surface area contributed by atoms with Crippen LogP contribution in [-0.4, -0.2) is 19.8 Å². The van der Waals surface area contributed by atoms with Crippen LogP contribution in [0.15, 0.2) is 18.2 Å². The molecule has 1 N–H and O–H groups in total. The summed E-state index contributed by atoms with van der Waals surface area (Å²) in [5.41, 5.74) is 1.03. The Morgan fingerprint density at radius 3 is 2.87 bits per heavy atom. The van der Waals surface area contributed by atoms with E-state index in [0.29, 0.717) is 19.1 Å². The average Bonchev–Trinajstić information content (AvgIpc) is 2.26. The molecule has 0 atom stereocenters. The van der Waals surface area contributed by atoms with E-state index in [-0.39, 0.29) is 0 Å². The number of fused-ring (bicyclic) bond motifs is 1. The Bertz CT molecular complexity index is 336. The van der Waals surface area contributed by atoms with Gasteiger partial charge in [-0.15, -0.1) is 0 Å². The van der Waals surface area contributed by atoms with Crippen LogP contribution in [0.3, 0.4) is 0 Å². The van der Waals surface area contributed by atoms with Gasteiger partial charge in [0.05, 0.1) is 5.69 Å². The van der Waals surface area contributed by atoms with Gasteiger partial charge in [-0.05, 0) is 18.1 Å². The lowest BCUT2D eigenvalue weighted by atomic mass is 10.2. The summed E-state index contributed by atoms with van der Waals surface area (Å²) in [6, 6.07) is 5.95. The van der Waals surface area contributed by atoms with Crippen molar-refractivity contribution in [2.45, 2.75) is 13.8 Å². The average molecular weight is 207 g/mol. The first-order chi connectivity index (χ1) is 7.27. The molecule has 0 fully saturated rings. The lowest BCUT2D eigenvalue weighted by Crippen LogP contribution is -2.17. The van der Waals surface area contributed by atoms with Crippen molar-refractivity contribution >= 4 is 5.69 Å². The van der Waals surface area contributed by atoms with Crippen LogP contribution < -0.4 is 14.8 Å². The minimum absolute atomic E-state index is 0.616. The van der Waals surface area contributed by atoms with Gasteiger partial charge in [-0.25, -0.2) is 0 Å². The molecule has 1 aliphatic heterocycles. The first kappa shape index (κ1) is 10.1. The second-order valence-corrected chi connectivity index (χ2v) is 4.10. The van der Waals surface area contributed by atoms with Crippen molar-refractivity contribution in [1.82, 2.24) is 0 Å². The van der Waals surface area contributed by atoms with Crippen LogP contribution >= 0.6 is 0 Å². The fourth-order valence-electron chi connectivity index (χ4n) is 1.53. The lowest BCUT2D eigenvalue weighted by Gasteiger charge is -2.21. The summed E-state index contributed by atoms with van der Waals surface area (Å²) in [6.07, 6.45) is 0. The zero-order chi connectivity index (χ0) is 10.7. The molecule has 0 amide bonds. The van der Waals surface area contributed by atoms with Gasteiger partial charge in [0.1, 0.15) is 13.2 Å². The van der Waals surface area contributed by atoms with E-state index in [9.17, 15) is 0 Å². The van der Waals surface area contributed by atoms with Gasteiger partial charge >= 0.3 is 0 Å².